The third-order valence-electron chi connectivity index (χ3n) is 2.12. The van der Waals surface area contributed by atoms with E-state index in [1.165, 1.54) is 32.4 Å². The van der Waals surface area contributed by atoms with Crippen LogP contribution in [0.5, 0.6) is 0 Å². The molecule has 0 radical (unpaired) electrons. The first-order valence-electron chi connectivity index (χ1n) is 4.63. The van der Waals surface area contributed by atoms with Crippen LogP contribution in [0, 0.1) is 5.82 Å². The summed E-state index contributed by atoms with van der Waals surface area (Å²) < 4.78 is 22.2. The van der Waals surface area contributed by atoms with E-state index in [2.05, 4.69) is 4.74 Å². The van der Waals surface area contributed by atoms with Crippen molar-refractivity contribution in [1.82, 2.24) is 0 Å². The summed E-state index contributed by atoms with van der Waals surface area (Å²) in [6, 6.07) is 3.72. The molecule has 0 bridgehead atoms. The average Bonchev–Trinajstić information content (AvgIpc) is 2.28. The van der Waals surface area contributed by atoms with Gasteiger partial charge in [-0.1, -0.05) is 6.07 Å². The smallest absolute Gasteiger partial charge is 0.339 e. The molecular formula is C11H13FO4. The number of ether oxygens (including phenoxy) is 2. The highest BCUT2D eigenvalue weighted by atomic mass is 19.1. The maximum Gasteiger partial charge on any atom is 0.339 e. The zero-order chi connectivity index (χ0) is 12.1. The molecule has 1 aromatic rings. The number of esters is 1. The van der Waals surface area contributed by atoms with E-state index in [1.807, 2.05) is 0 Å². The molecule has 0 saturated carbocycles. The van der Waals surface area contributed by atoms with Crippen molar-refractivity contribution in [1.29, 1.82) is 0 Å². The predicted molar refractivity (Wildman–Crippen MR) is 54.1 cm³/mol. The lowest BCUT2D eigenvalue weighted by atomic mass is 10.0. The van der Waals surface area contributed by atoms with Gasteiger partial charge in [0.2, 0.25) is 0 Å². The molecule has 1 N–H and O–H groups in total. The van der Waals surface area contributed by atoms with Gasteiger partial charge < -0.3 is 14.6 Å². The molecule has 4 nitrogen and oxygen atoms in total. The van der Waals surface area contributed by atoms with Gasteiger partial charge in [-0.2, -0.15) is 0 Å². The van der Waals surface area contributed by atoms with E-state index in [4.69, 9.17) is 4.74 Å². The van der Waals surface area contributed by atoms with Crippen LogP contribution in [0.2, 0.25) is 0 Å². The standard InChI is InChI=1S/C11H13FO4/c1-15-6-7-5-8(12)3-4-9(7)10(13)11(14)16-2/h3-5,10,13H,6H2,1-2H3. The van der Waals surface area contributed by atoms with Crippen LogP contribution in [0.3, 0.4) is 0 Å². The number of aliphatic hydroxyl groups excluding tert-OH is 1. The molecule has 0 heterocycles. The van der Waals surface area contributed by atoms with Gasteiger partial charge in [-0.3, -0.25) is 0 Å². The second-order valence-electron chi connectivity index (χ2n) is 3.20. The SMILES string of the molecule is COCc1cc(F)ccc1C(O)C(=O)OC. The number of benzene rings is 1. The minimum atomic E-state index is -1.42. The Balaban J connectivity index is 3.06. The summed E-state index contributed by atoms with van der Waals surface area (Å²) in [7, 11) is 2.62. The average molecular weight is 228 g/mol. The molecule has 0 aromatic heterocycles. The van der Waals surface area contributed by atoms with Gasteiger partial charge in [-0.15, -0.1) is 0 Å². The quantitative estimate of drug-likeness (QED) is 0.786. The van der Waals surface area contributed by atoms with E-state index in [0.717, 1.165) is 0 Å². The first kappa shape index (κ1) is 12.6. The maximum atomic E-state index is 13.0. The zero-order valence-corrected chi connectivity index (χ0v) is 9.07. The predicted octanol–water partition coefficient (Wildman–Crippen LogP) is 1.18. The summed E-state index contributed by atoms with van der Waals surface area (Å²) in [5, 5.41) is 9.63. The van der Waals surface area contributed by atoms with Crippen LogP contribution in [0.4, 0.5) is 4.39 Å². The normalized spacial score (nSPS) is 12.2. The molecule has 0 spiro atoms. The summed E-state index contributed by atoms with van der Waals surface area (Å²) >= 11 is 0. The van der Waals surface area contributed by atoms with Crippen molar-refractivity contribution in [2.45, 2.75) is 12.7 Å². The summed E-state index contributed by atoms with van der Waals surface area (Å²) in [4.78, 5) is 11.1. The van der Waals surface area contributed by atoms with Crippen LogP contribution < -0.4 is 0 Å². The second-order valence-corrected chi connectivity index (χ2v) is 3.20. The highest BCUT2D eigenvalue weighted by Gasteiger charge is 2.21. The number of hydrogen-bond acceptors (Lipinski definition) is 4. The van der Waals surface area contributed by atoms with E-state index >= 15 is 0 Å². The third-order valence-corrected chi connectivity index (χ3v) is 2.12. The number of methoxy groups -OCH3 is 2. The highest BCUT2D eigenvalue weighted by molar-refractivity contribution is 5.76. The minimum absolute atomic E-state index is 0.112. The number of rotatable bonds is 4. The molecule has 1 unspecified atom stereocenters. The first-order chi connectivity index (χ1) is 7.60. The molecule has 0 saturated heterocycles. The van der Waals surface area contributed by atoms with E-state index < -0.39 is 17.9 Å². The number of carbonyl (C=O) groups excluding carboxylic acids is 1. The Hall–Kier alpha value is -1.46. The molecule has 0 aliphatic rings. The summed E-state index contributed by atoms with van der Waals surface area (Å²) in [6.07, 6.45) is -1.42. The number of aliphatic hydroxyl groups is 1. The Morgan fingerprint density at radius 3 is 2.75 bits per heavy atom. The molecule has 0 amide bonds. The van der Waals surface area contributed by atoms with Crippen LogP contribution in [-0.2, 0) is 20.9 Å². The van der Waals surface area contributed by atoms with E-state index in [9.17, 15) is 14.3 Å². The molecule has 1 atom stereocenters. The maximum absolute atomic E-state index is 13.0. The van der Waals surface area contributed by atoms with Crippen molar-refractivity contribution in [3.63, 3.8) is 0 Å². The summed E-state index contributed by atoms with van der Waals surface area (Å²) in [5.41, 5.74) is 0.704. The molecular weight excluding hydrogens is 215 g/mol. The van der Waals surface area contributed by atoms with E-state index in [1.54, 1.807) is 0 Å². The Bertz CT molecular complexity index is 378. The number of carbonyl (C=O) groups is 1. The van der Waals surface area contributed by atoms with Gasteiger partial charge in [0, 0.05) is 7.11 Å². The lowest BCUT2D eigenvalue weighted by Crippen LogP contribution is -2.15. The van der Waals surface area contributed by atoms with Crippen molar-refractivity contribution in [2.24, 2.45) is 0 Å². The van der Waals surface area contributed by atoms with Crippen molar-refractivity contribution in [2.75, 3.05) is 14.2 Å². The van der Waals surface area contributed by atoms with E-state index in [0.29, 0.717) is 5.56 Å². The molecule has 0 aliphatic heterocycles. The molecule has 0 aliphatic carbocycles. The van der Waals surface area contributed by atoms with Gasteiger partial charge in [-0.25, -0.2) is 9.18 Å². The van der Waals surface area contributed by atoms with Gasteiger partial charge in [0.05, 0.1) is 13.7 Å². The minimum Gasteiger partial charge on any atom is -0.467 e. The molecule has 0 fully saturated rings. The van der Waals surface area contributed by atoms with Crippen LogP contribution >= 0.6 is 0 Å². The fraction of sp³-hybridized carbons (Fsp3) is 0.364. The second kappa shape index (κ2) is 5.58. The largest absolute Gasteiger partial charge is 0.467 e. The summed E-state index contributed by atoms with van der Waals surface area (Å²) in [5.74, 6) is -1.24. The van der Waals surface area contributed by atoms with Crippen molar-refractivity contribution >= 4 is 5.97 Å². The molecule has 1 aromatic carbocycles. The Kier molecular flexibility index (Phi) is 4.39. The first-order valence-corrected chi connectivity index (χ1v) is 4.63. The van der Waals surface area contributed by atoms with Gasteiger partial charge in [0.1, 0.15) is 5.82 Å². The Morgan fingerprint density at radius 2 is 2.19 bits per heavy atom. The Labute approximate surface area is 92.6 Å². The van der Waals surface area contributed by atoms with Crippen LogP contribution in [0.15, 0.2) is 18.2 Å². The topological polar surface area (TPSA) is 55.8 Å². The van der Waals surface area contributed by atoms with Gasteiger partial charge in [0.25, 0.3) is 0 Å². The highest BCUT2D eigenvalue weighted by Crippen LogP contribution is 2.21. The van der Waals surface area contributed by atoms with Gasteiger partial charge in [0.15, 0.2) is 6.10 Å². The van der Waals surface area contributed by atoms with Crippen LogP contribution in [0.1, 0.15) is 17.2 Å². The van der Waals surface area contributed by atoms with Crippen LogP contribution in [-0.4, -0.2) is 25.3 Å². The monoisotopic (exact) mass is 228 g/mol. The van der Waals surface area contributed by atoms with Gasteiger partial charge >= 0.3 is 5.97 Å². The zero-order valence-electron chi connectivity index (χ0n) is 9.07. The third kappa shape index (κ3) is 2.77. The van der Waals surface area contributed by atoms with Crippen molar-refractivity contribution < 1.29 is 23.8 Å². The van der Waals surface area contributed by atoms with Crippen molar-refractivity contribution in [3.05, 3.63) is 35.1 Å². The van der Waals surface area contributed by atoms with Crippen LogP contribution in [0.25, 0.3) is 0 Å². The summed E-state index contributed by atoms with van der Waals surface area (Å²) in [6.45, 7) is 0.112. The molecule has 1 rings (SSSR count). The fourth-order valence-electron chi connectivity index (χ4n) is 1.36. The lowest BCUT2D eigenvalue weighted by Gasteiger charge is -2.13. The van der Waals surface area contributed by atoms with E-state index in [-0.39, 0.29) is 12.2 Å². The Morgan fingerprint density at radius 1 is 1.50 bits per heavy atom. The van der Waals surface area contributed by atoms with Crippen molar-refractivity contribution in [3.8, 4) is 0 Å². The number of hydrogen-bond donors (Lipinski definition) is 1. The molecule has 16 heavy (non-hydrogen) atoms. The molecule has 5 heteroatoms. The number of halogens is 1. The van der Waals surface area contributed by atoms with Gasteiger partial charge in [-0.05, 0) is 23.3 Å². The fourth-order valence-corrected chi connectivity index (χ4v) is 1.36. The molecule has 88 valence electrons. The lowest BCUT2D eigenvalue weighted by molar-refractivity contribution is -0.150.